The number of rotatable bonds is 8. The summed E-state index contributed by atoms with van der Waals surface area (Å²) >= 11 is 0. The first kappa shape index (κ1) is 18.6. The van der Waals surface area contributed by atoms with Gasteiger partial charge in [0.15, 0.2) is 0 Å². The summed E-state index contributed by atoms with van der Waals surface area (Å²) in [6.45, 7) is 2.94. The van der Waals surface area contributed by atoms with Gasteiger partial charge in [-0.2, -0.15) is 0 Å². The van der Waals surface area contributed by atoms with Gasteiger partial charge in [0.25, 0.3) is 0 Å². The quantitative estimate of drug-likeness (QED) is 0.583. The fourth-order valence-corrected chi connectivity index (χ4v) is 2.67. The van der Waals surface area contributed by atoms with Crippen LogP contribution >= 0.6 is 0 Å². The first-order valence-corrected chi connectivity index (χ1v) is 8.95. The summed E-state index contributed by atoms with van der Waals surface area (Å²) in [5, 5.41) is 6.74. The van der Waals surface area contributed by atoms with Gasteiger partial charge in [0.2, 0.25) is 0 Å². The first-order valence-electron chi connectivity index (χ1n) is 8.95. The van der Waals surface area contributed by atoms with Gasteiger partial charge in [-0.1, -0.05) is 18.2 Å². The molecular formula is C21H24N2O4. The summed E-state index contributed by atoms with van der Waals surface area (Å²) in [5.74, 6) is 2.30. The number of carbonyl (C=O) groups excluding carboxylic acids is 1. The van der Waals surface area contributed by atoms with Gasteiger partial charge in [0.05, 0.1) is 19.8 Å². The van der Waals surface area contributed by atoms with Crippen molar-refractivity contribution in [2.45, 2.75) is 19.4 Å². The highest BCUT2D eigenvalue weighted by atomic mass is 16.5. The van der Waals surface area contributed by atoms with Crippen molar-refractivity contribution in [3.8, 4) is 11.5 Å². The van der Waals surface area contributed by atoms with E-state index in [9.17, 15) is 4.79 Å². The molecule has 6 heteroatoms. The maximum Gasteiger partial charge on any atom is 0.315 e. The number of furan rings is 1. The number of methoxy groups -OCH3 is 1. The number of urea groups is 1. The van der Waals surface area contributed by atoms with Crippen LogP contribution in [0.15, 0.2) is 59.0 Å². The summed E-state index contributed by atoms with van der Waals surface area (Å²) in [6, 6.07) is 16.7. The van der Waals surface area contributed by atoms with Crippen LogP contribution in [-0.2, 0) is 0 Å². The van der Waals surface area contributed by atoms with E-state index in [-0.39, 0.29) is 12.1 Å². The average Bonchev–Trinajstić information content (AvgIpc) is 3.12. The maximum atomic E-state index is 12.0. The first-order chi connectivity index (χ1) is 13.2. The zero-order valence-electron chi connectivity index (χ0n) is 15.5. The van der Waals surface area contributed by atoms with Crippen LogP contribution in [0.3, 0.4) is 0 Å². The monoisotopic (exact) mass is 368 g/mol. The third-order valence-electron chi connectivity index (χ3n) is 4.15. The van der Waals surface area contributed by atoms with Crippen LogP contribution in [0.1, 0.15) is 25.1 Å². The Kier molecular flexibility index (Phi) is 6.20. The number of para-hydroxylation sites is 1. The molecular weight excluding hydrogens is 344 g/mol. The van der Waals surface area contributed by atoms with Crippen LogP contribution in [0, 0.1) is 0 Å². The molecule has 2 aromatic carbocycles. The van der Waals surface area contributed by atoms with E-state index in [4.69, 9.17) is 13.9 Å². The summed E-state index contributed by atoms with van der Waals surface area (Å²) in [7, 11) is 1.63. The summed E-state index contributed by atoms with van der Waals surface area (Å²) < 4.78 is 16.5. The molecule has 0 radical (unpaired) electrons. The lowest BCUT2D eigenvalue weighted by Gasteiger charge is -2.12. The molecule has 0 saturated heterocycles. The molecule has 3 rings (SSSR count). The second-order valence-corrected chi connectivity index (χ2v) is 6.19. The molecule has 142 valence electrons. The lowest BCUT2D eigenvalue weighted by atomic mass is 10.2. The Bertz CT molecular complexity index is 840. The number of amides is 2. The molecule has 1 atom stereocenters. The Morgan fingerprint density at radius 1 is 1.11 bits per heavy atom. The van der Waals surface area contributed by atoms with Gasteiger partial charge in [-0.15, -0.1) is 0 Å². The molecule has 1 unspecified atom stereocenters. The molecule has 2 amide bonds. The van der Waals surface area contributed by atoms with Crippen LogP contribution in [0.4, 0.5) is 4.79 Å². The Balaban J connectivity index is 1.36. The summed E-state index contributed by atoms with van der Waals surface area (Å²) in [6.07, 6.45) is 0.707. The molecule has 0 aliphatic carbocycles. The Morgan fingerprint density at radius 2 is 1.85 bits per heavy atom. The van der Waals surface area contributed by atoms with E-state index < -0.39 is 0 Å². The van der Waals surface area contributed by atoms with Gasteiger partial charge >= 0.3 is 6.03 Å². The molecule has 0 saturated carbocycles. The normalized spacial score (nSPS) is 11.8. The summed E-state index contributed by atoms with van der Waals surface area (Å²) in [5.41, 5.74) is 0.817. The molecule has 0 spiro atoms. The van der Waals surface area contributed by atoms with Crippen molar-refractivity contribution in [1.29, 1.82) is 0 Å². The molecule has 1 heterocycles. The molecule has 27 heavy (non-hydrogen) atoms. The number of nitrogens with one attached hydrogen (secondary N) is 2. The van der Waals surface area contributed by atoms with E-state index >= 15 is 0 Å². The number of ether oxygens (including phenoxy) is 2. The fraction of sp³-hybridized carbons (Fsp3) is 0.286. The number of hydrogen-bond acceptors (Lipinski definition) is 4. The molecule has 2 N–H and O–H groups in total. The number of benzene rings is 2. The molecule has 1 aromatic heterocycles. The standard InChI is InChI=1S/C21H24N2O4/c1-15(20-14-16-6-3-4-7-19(16)27-20)23-21(24)22-12-5-13-26-18-10-8-17(25-2)9-11-18/h3-4,6-11,14-15H,5,12-13H2,1-2H3,(H2,22,23,24). The molecule has 0 fully saturated rings. The predicted octanol–water partition coefficient (Wildman–Crippen LogP) is 4.27. The second kappa shape index (κ2) is 8.98. The van der Waals surface area contributed by atoms with Gasteiger partial charge < -0.3 is 24.5 Å². The predicted molar refractivity (Wildman–Crippen MR) is 104 cm³/mol. The minimum atomic E-state index is -0.229. The van der Waals surface area contributed by atoms with Crippen LogP contribution in [0.2, 0.25) is 0 Å². The topological polar surface area (TPSA) is 72.7 Å². The van der Waals surface area contributed by atoms with Crippen molar-refractivity contribution in [3.63, 3.8) is 0 Å². The van der Waals surface area contributed by atoms with E-state index in [1.54, 1.807) is 7.11 Å². The lowest BCUT2D eigenvalue weighted by Crippen LogP contribution is -2.37. The highest BCUT2D eigenvalue weighted by Gasteiger charge is 2.13. The largest absolute Gasteiger partial charge is 0.497 e. The maximum absolute atomic E-state index is 12.0. The van der Waals surface area contributed by atoms with Crippen molar-refractivity contribution >= 4 is 17.0 Å². The van der Waals surface area contributed by atoms with Crippen LogP contribution in [0.5, 0.6) is 11.5 Å². The average molecular weight is 368 g/mol. The highest BCUT2D eigenvalue weighted by Crippen LogP contribution is 2.23. The number of fused-ring (bicyclic) bond motifs is 1. The number of carbonyl (C=O) groups is 1. The smallest absolute Gasteiger partial charge is 0.315 e. The molecule has 0 bridgehead atoms. The van der Waals surface area contributed by atoms with Crippen molar-refractivity contribution in [3.05, 3.63) is 60.4 Å². The zero-order chi connectivity index (χ0) is 19.1. The van der Waals surface area contributed by atoms with Crippen molar-refractivity contribution in [2.24, 2.45) is 0 Å². The minimum absolute atomic E-state index is 0.215. The van der Waals surface area contributed by atoms with Gasteiger partial charge in [-0.25, -0.2) is 4.79 Å². The van der Waals surface area contributed by atoms with E-state index in [1.807, 2.05) is 61.5 Å². The molecule has 0 aliphatic rings. The fourth-order valence-electron chi connectivity index (χ4n) is 2.67. The van der Waals surface area contributed by atoms with Gasteiger partial charge in [0, 0.05) is 11.9 Å². The molecule has 6 nitrogen and oxygen atoms in total. The van der Waals surface area contributed by atoms with E-state index in [0.29, 0.717) is 19.6 Å². The number of hydrogen-bond donors (Lipinski definition) is 2. The highest BCUT2D eigenvalue weighted by molar-refractivity contribution is 5.78. The lowest BCUT2D eigenvalue weighted by molar-refractivity contribution is 0.234. The second-order valence-electron chi connectivity index (χ2n) is 6.19. The van der Waals surface area contributed by atoms with Crippen molar-refractivity contribution < 1.29 is 18.7 Å². The third kappa shape index (κ3) is 5.17. The Labute approximate surface area is 158 Å². The Morgan fingerprint density at radius 3 is 2.59 bits per heavy atom. The van der Waals surface area contributed by atoms with Crippen LogP contribution in [-0.4, -0.2) is 26.3 Å². The van der Waals surface area contributed by atoms with Crippen molar-refractivity contribution in [2.75, 3.05) is 20.3 Å². The molecule has 3 aromatic rings. The van der Waals surface area contributed by atoms with Crippen LogP contribution < -0.4 is 20.1 Å². The Hall–Kier alpha value is -3.15. The van der Waals surface area contributed by atoms with Crippen LogP contribution in [0.25, 0.3) is 11.0 Å². The van der Waals surface area contributed by atoms with E-state index in [1.165, 1.54) is 0 Å². The van der Waals surface area contributed by atoms with E-state index in [0.717, 1.165) is 28.2 Å². The van der Waals surface area contributed by atoms with Gasteiger partial charge in [-0.3, -0.25) is 0 Å². The summed E-state index contributed by atoms with van der Waals surface area (Å²) in [4.78, 5) is 12.0. The third-order valence-corrected chi connectivity index (χ3v) is 4.15. The minimum Gasteiger partial charge on any atom is -0.497 e. The van der Waals surface area contributed by atoms with Crippen molar-refractivity contribution in [1.82, 2.24) is 10.6 Å². The SMILES string of the molecule is COc1ccc(OCCCNC(=O)NC(C)c2cc3ccccc3o2)cc1. The van der Waals surface area contributed by atoms with Gasteiger partial charge in [0.1, 0.15) is 22.8 Å². The van der Waals surface area contributed by atoms with E-state index in [2.05, 4.69) is 10.6 Å². The van der Waals surface area contributed by atoms with Gasteiger partial charge in [-0.05, 0) is 49.7 Å². The molecule has 0 aliphatic heterocycles. The zero-order valence-corrected chi connectivity index (χ0v) is 15.5.